The third kappa shape index (κ3) is 3.49. The van der Waals surface area contributed by atoms with Crippen molar-refractivity contribution in [2.75, 3.05) is 0 Å². The lowest BCUT2D eigenvalue weighted by Gasteiger charge is -2.12. The Morgan fingerprint density at radius 1 is 0.536 bits per heavy atom. The van der Waals surface area contributed by atoms with Gasteiger partial charge in [-0.15, -0.1) is 0 Å². The van der Waals surface area contributed by atoms with E-state index in [0.717, 1.165) is 33.4 Å². The first kappa shape index (κ1) is 17.9. The number of hydrogen-bond acceptors (Lipinski definition) is 3. The van der Waals surface area contributed by atoms with Crippen molar-refractivity contribution in [3.05, 3.63) is 94.7 Å². The van der Waals surface area contributed by atoms with Crippen LogP contribution in [0.1, 0.15) is 16.7 Å². The Morgan fingerprint density at radius 2 is 0.857 bits per heavy atom. The molecule has 0 aliphatic carbocycles. The molecule has 28 heavy (non-hydrogen) atoms. The molecular weight excluding hydrogens is 346 g/mol. The predicted molar refractivity (Wildman–Crippen MR) is 112 cm³/mol. The van der Waals surface area contributed by atoms with Gasteiger partial charge in [-0.2, -0.15) is 0 Å². The van der Waals surface area contributed by atoms with Crippen molar-refractivity contribution < 1.29 is 4.96 Å². The molecule has 0 aliphatic rings. The number of nitrogens with zero attached hydrogens (tertiary/aromatic N) is 3. The molecule has 4 aromatic rings. The number of aromatic nitrogens is 3. The molecule has 0 fully saturated rings. The molecule has 138 valence electrons. The molecule has 1 aromatic heterocycles. The lowest BCUT2D eigenvalue weighted by molar-refractivity contribution is -0.726. The van der Waals surface area contributed by atoms with Crippen LogP contribution in [0.5, 0.6) is 0 Å². The van der Waals surface area contributed by atoms with Gasteiger partial charge in [0.15, 0.2) is 11.4 Å². The van der Waals surface area contributed by atoms with Crippen molar-refractivity contribution >= 4 is 0 Å². The Labute approximate surface area is 164 Å². The van der Waals surface area contributed by atoms with E-state index in [1.807, 2.05) is 62.4 Å². The normalized spacial score (nSPS) is 10.8. The van der Waals surface area contributed by atoms with Crippen molar-refractivity contribution in [1.29, 1.82) is 0 Å². The van der Waals surface area contributed by atoms with Gasteiger partial charge in [0.05, 0.1) is 4.96 Å². The Morgan fingerprint density at radius 3 is 1.21 bits per heavy atom. The summed E-state index contributed by atoms with van der Waals surface area (Å²) in [6.45, 7) is 6.13. The summed E-state index contributed by atoms with van der Waals surface area (Å²) in [6.07, 6.45) is 0. The van der Waals surface area contributed by atoms with Gasteiger partial charge >= 0.3 is 0 Å². The molecule has 0 unspecified atom stereocenters. The molecule has 0 amide bonds. The first-order chi connectivity index (χ1) is 13.5. The zero-order valence-corrected chi connectivity index (χ0v) is 16.2. The predicted octanol–water partition coefficient (Wildman–Crippen LogP) is 5.04. The number of hydrogen-bond donors (Lipinski definition) is 0. The summed E-state index contributed by atoms with van der Waals surface area (Å²) in [5, 5.41) is 20.8. The van der Waals surface area contributed by atoms with E-state index in [-0.39, 0.29) is 0 Å². The Kier molecular flexibility index (Phi) is 4.62. The van der Waals surface area contributed by atoms with Crippen molar-refractivity contribution in [2.45, 2.75) is 20.8 Å². The number of aryl methyl sites for hydroxylation is 3. The monoisotopic (exact) mass is 367 g/mol. The van der Waals surface area contributed by atoms with Crippen LogP contribution < -0.4 is 4.96 Å². The SMILES string of the molecule is Cc1ccc(-c2n[n+]([O-])nc(-c3ccc(C)cc3)c2-c2ccc(C)cc2)cc1. The molecule has 4 heteroatoms. The summed E-state index contributed by atoms with van der Waals surface area (Å²) < 4.78 is 0. The van der Waals surface area contributed by atoms with Gasteiger partial charge in [0.1, 0.15) is 0 Å². The maximum Gasteiger partial charge on any atom is 0.152 e. The molecule has 0 atom stereocenters. The van der Waals surface area contributed by atoms with Crippen LogP contribution in [0, 0.1) is 26.0 Å². The first-order valence-corrected chi connectivity index (χ1v) is 9.24. The molecule has 1 heterocycles. The quantitative estimate of drug-likeness (QED) is 0.377. The minimum Gasteiger partial charge on any atom is -0.569 e. The molecule has 0 bridgehead atoms. The smallest absolute Gasteiger partial charge is 0.152 e. The number of benzene rings is 3. The fourth-order valence-corrected chi connectivity index (χ4v) is 3.23. The molecule has 0 saturated heterocycles. The van der Waals surface area contributed by atoms with Gasteiger partial charge in [-0.25, -0.2) is 0 Å². The molecule has 0 spiro atoms. The highest BCUT2D eigenvalue weighted by molar-refractivity contribution is 5.90. The fraction of sp³-hybridized carbons (Fsp3) is 0.125. The van der Waals surface area contributed by atoms with Crippen molar-refractivity contribution in [3.63, 3.8) is 0 Å². The van der Waals surface area contributed by atoms with Crippen LogP contribution in [0.15, 0.2) is 72.8 Å². The molecule has 0 radical (unpaired) electrons. The van der Waals surface area contributed by atoms with Gasteiger partial charge in [-0.05, 0) is 26.3 Å². The summed E-state index contributed by atoms with van der Waals surface area (Å²) in [4.78, 5) is 0.419. The average Bonchev–Trinajstić information content (AvgIpc) is 2.69. The van der Waals surface area contributed by atoms with Gasteiger partial charge in [-0.1, -0.05) is 89.5 Å². The van der Waals surface area contributed by atoms with Gasteiger partial charge in [0.25, 0.3) is 0 Å². The van der Waals surface area contributed by atoms with Gasteiger partial charge in [0, 0.05) is 26.9 Å². The highest BCUT2D eigenvalue weighted by Crippen LogP contribution is 2.36. The van der Waals surface area contributed by atoms with Crippen LogP contribution in [0.2, 0.25) is 0 Å². The zero-order chi connectivity index (χ0) is 19.7. The molecule has 0 N–H and O–H groups in total. The Bertz CT molecular complexity index is 1050. The second-order valence-electron chi connectivity index (χ2n) is 7.12. The molecule has 4 nitrogen and oxygen atoms in total. The highest BCUT2D eigenvalue weighted by Gasteiger charge is 2.22. The summed E-state index contributed by atoms with van der Waals surface area (Å²) >= 11 is 0. The van der Waals surface area contributed by atoms with E-state index in [1.165, 1.54) is 5.56 Å². The Hall–Kier alpha value is -3.53. The fourth-order valence-electron chi connectivity index (χ4n) is 3.23. The van der Waals surface area contributed by atoms with E-state index in [4.69, 9.17) is 0 Å². The van der Waals surface area contributed by atoms with Crippen molar-refractivity contribution in [3.8, 4) is 33.6 Å². The summed E-state index contributed by atoms with van der Waals surface area (Å²) in [7, 11) is 0. The third-order valence-electron chi connectivity index (χ3n) is 4.83. The van der Waals surface area contributed by atoms with E-state index in [2.05, 4.69) is 41.4 Å². The summed E-state index contributed by atoms with van der Waals surface area (Å²) in [6, 6.07) is 24.3. The topological polar surface area (TPSA) is 52.7 Å². The van der Waals surface area contributed by atoms with Crippen LogP contribution in [-0.4, -0.2) is 10.2 Å². The van der Waals surface area contributed by atoms with E-state index in [0.29, 0.717) is 16.3 Å². The molecule has 3 aromatic carbocycles. The van der Waals surface area contributed by atoms with E-state index >= 15 is 0 Å². The largest absolute Gasteiger partial charge is 0.569 e. The third-order valence-corrected chi connectivity index (χ3v) is 4.83. The van der Waals surface area contributed by atoms with E-state index in [9.17, 15) is 5.21 Å². The summed E-state index contributed by atoms with van der Waals surface area (Å²) in [5.74, 6) is 0. The van der Waals surface area contributed by atoms with Crippen molar-refractivity contribution in [2.24, 2.45) is 0 Å². The average molecular weight is 367 g/mol. The maximum atomic E-state index is 12.3. The molecule has 0 aliphatic heterocycles. The van der Waals surface area contributed by atoms with Crippen LogP contribution in [0.3, 0.4) is 0 Å². The second kappa shape index (κ2) is 7.24. The minimum atomic E-state index is 0.419. The summed E-state index contributed by atoms with van der Waals surface area (Å²) in [5.41, 5.74) is 8.37. The van der Waals surface area contributed by atoms with E-state index < -0.39 is 0 Å². The standard InChI is InChI=1S/C24H21N3O/c1-16-4-10-19(11-5-16)22-23(20-12-6-17(2)7-13-20)25-27(28)26-24(22)21-14-8-18(3)9-15-21/h4-15H,1-3H3. The van der Waals surface area contributed by atoms with Crippen LogP contribution in [-0.2, 0) is 0 Å². The van der Waals surface area contributed by atoms with Crippen molar-refractivity contribution in [1.82, 2.24) is 10.2 Å². The molecule has 4 rings (SSSR count). The van der Waals surface area contributed by atoms with Crippen LogP contribution in [0.25, 0.3) is 33.6 Å². The lowest BCUT2D eigenvalue weighted by atomic mass is 9.94. The Balaban J connectivity index is 2.03. The molecular formula is C24H21N3O. The van der Waals surface area contributed by atoms with Gasteiger partial charge < -0.3 is 5.21 Å². The molecule has 0 saturated carbocycles. The number of rotatable bonds is 3. The minimum absolute atomic E-state index is 0.419. The van der Waals surface area contributed by atoms with Gasteiger partial charge in [0.2, 0.25) is 0 Å². The highest BCUT2D eigenvalue weighted by atomic mass is 16.5. The van der Waals surface area contributed by atoms with Crippen LogP contribution >= 0.6 is 0 Å². The zero-order valence-electron chi connectivity index (χ0n) is 16.2. The second-order valence-corrected chi connectivity index (χ2v) is 7.12. The maximum absolute atomic E-state index is 12.3. The van der Waals surface area contributed by atoms with Gasteiger partial charge in [-0.3, -0.25) is 0 Å². The van der Waals surface area contributed by atoms with E-state index in [1.54, 1.807) is 0 Å². The lowest BCUT2D eigenvalue weighted by Crippen LogP contribution is -2.37. The van der Waals surface area contributed by atoms with Crippen LogP contribution in [0.4, 0.5) is 0 Å². The first-order valence-electron chi connectivity index (χ1n) is 9.24.